The molecule has 4 N–H and O–H groups in total. The Balaban J connectivity index is 2.18. The van der Waals surface area contributed by atoms with E-state index in [4.69, 9.17) is 0 Å². The molecule has 0 aromatic carbocycles. The van der Waals surface area contributed by atoms with E-state index in [1.165, 1.54) is 0 Å². The van der Waals surface area contributed by atoms with E-state index in [1.807, 2.05) is 27.7 Å². The number of aliphatic hydroxyl groups excluding tert-OH is 1. The molecule has 27 heavy (non-hydrogen) atoms. The van der Waals surface area contributed by atoms with E-state index in [2.05, 4.69) is 0 Å². The zero-order valence-corrected chi connectivity index (χ0v) is 16.9. The summed E-state index contributed by atoms with van der Waals surface area (Å²) in [4.78, 5) is 25.7. The van der Waals surface area contributed by atoms with Gasteiger partial charge in [0.05, 0.1) is 0 Å². The first-order valence-corrected chi connectivity index (χ1v) is 9.52. The number of fused-ring (bicyclic) bond motifs is 3. The van der Waals surface area contributed by atoms with Gasteiger partial charge in [-0.05, 0) is 31.6 Å². The molecule has 0 spiro atoms. The number of ketones is 2. The molecule has 0 radical (unpaired) electrons. The van der Waals surface area contributed by atoms with Crippen molar-refractivity contribution in [3.63, 3.8) is 0 Å². The second-order valence-electron chi connectivity index (χ2n) is 9.70. The van der Waals surface area contributed by atoms with Gasteiger partial charge in [-0.2, -0.15) is 0 Å². The molecule has 3 aliphatic rings. The van der Waals surface area contributed by atoms with E-state index in [1.54, 1.807) is 13.8 Å². The predicted octanol–water partition coefficient (Wildman–Crippen LogP) is 1.98. The Morgan fingerprint density at radius 1 is 1.19 bits per heavy atom. The largest absolute Gasteiger partial charge is 0.508 e. The molecule has 6 nitrogen and oxygen atoms in total. The van der Waals surface area contributed by atoms with Crippen molar-refractivity contribution in [3.8, 4) is 0 Å². The third-order valence-corrected chi connectivity index (χ3v) is 7.06. The summed E-state index contributed by atoms with van der Waals surface area (Å²) in [6.45, 7) is 11.2. The normalized spacial score (nSPS) is 40.0. The van der Waals surface area contributed by atoms with Gasteiger partial charge in [0.1, 0.15) is 16.9 Å². The van der Waals surface area contributed by atoms with E-state index in [0.717, 1.165) is 11.1 Å². The molecule has 0 bridgehead atoms. The van der Waals surface area contributed by atoms with Crippen LogP contribution in [-0.4, -0.2) is 48.8 Å². The highest BCUT2D eigenvalue weighted by atomic mass is 16.4. The molecule has 0 aromatic heterocycles. The first-order chi connectivity index (χ1) is 12.2. The number of carbonyl (C=O) groups excluding carboxylic acids is 2. The van der Waals surface area contributed by atoms with Crippen molar-refractivity contribution in [2.45, 2.75) is 77.6 Å². The van der Waals surface area contributed by atoms with Crippen molar-refractivity contribution in [1.29, 1.82) is 0 Å². The van der Waals surface area contributed by atoms with Crippen LogP contribution >= 0.6 is 0 Å². The van der Waals surface area contributed by atoms with E-state index in [0.29, 0.717) is 0 Å². The first kappa shape index (κ1) is 20.2. The highest BCUT2D eigenvalue weighted by Gasteiger charge is 2.83. The van der Waals surface area contributed by atoms with Crippen LogP contribution in [0.25, 0.3) is 0 Å². The van der Waals surface area contributed by atoms with Crippen LogP contribution in [0.5, 0.6) is 0 Å². The summed E-state index contributed by atoms with van der Waals surface area (Å²) >= 11 is 0. The Labute approximate surface area is 159 Å². The van der Waals surface area contributed by atoms with Crippen LogP contribution in [0.15, 0.2) is 22.5 Å². The van der Waals surface area contributed by atoms with E-state index >= 15 is 0 Å². The average Bonchev–Trinajstić information content (AvgIpc) is 2.91. The summed E-state index contributed by atoms with van der Waals surface area (Å²) in [6, 6.07) is 0. The maximum absolute atomic E-state index is 13.2. The van der Waals surface area contributed by atoms with Gasteiger partial charge in [-0.15, -0.1) is 0 Å². The molecule has 3 aliphatic carbocycles. The summed E-state index contributed by atoms with van der Waals surface area (Å²) in [5.74, 6) is -3.18. The predicted molar refractivity (Wildman–Crippen MR) is 98.9 cm³/mol. The minimum Gasteiger partial charge on any atom is -0.508 e. The third-order valence-electron chi connectivity index (χ3n) is 7.06. The molecule has 3 rings (SSSR count). The summed E-state index contributed by atoms with van der Waals surface area (Å²) in [6.07, 6.45) is -0.180. The maximum Gasteiger partial charge on any atom is 0.207 e. The zero-order valence-electron chi connectivity index (χ0n) is 16.9. The van der Waals surface area contributed by atoms with Crippen molar-refractivity contribution >= 4 is 11.6 Å². The summed E-state index contributed by atoms with van der Waals surface area (Å²) in [5.41, 5.74) is -6.19. The fourth-order valence-electron chi connectivity index (χ4n) is 5.73. The smallest absolute Gasteiger partial charge is 0.207 e. The van der Waals surface area contributed by atoms with Crippen LogP contribution < -0.4 is 0 Å². The van der Waals surface area contributed by atoms with Crippen LogP contribution in [0.2, 0.25) is 0 Å². The molecule has 0 aromatic rings. The molecule has 6 heteroatoms. The first-order valence-electron chi connectivity index (χ1n) is 9.52. The molecular formula is C21H30O6. The quantitative estimate of drug-likeness (QED) is 0.441. The number of Topliss-reactive ketones (excluding diaryl/α,β-unsaturated/α-hetero) is 2. The second kappa shape index (κ2) is 5.52. The van der Waals surface area contributed by atoms with Crippen LogP contribution in [-0.2, 0) is 9.59 Å². The molecule has 0 amide bonds. The van der Waals surface area contributed by atoms with E-state index in [9.17, 15) is 30.0 Å². The summed E-state index contributed by atoms with van der Waals surface area (Å²) in [7, 11) is 0. The topological polar surface area (TPSA) is 115 Å². The zero-order chi connectivity index (χ0) is 20.7. The minimum absolute atomic E-state index is 0.00383. The van der Waals surface area contributed by atoms with Gasteiger partial charge >= 0.3 is 0 Å². The molecule has 0 heterocycles. The number of aliphatic hydroxyl groups is 4. The lowest BCUT2D eigenvalue weighted by Gasteiger charge is -2.39. The number of allylic oxidation sites excluding steroid dienone is 1. The number of hydrogen-bond donors (Lipinski definition) is 4. The van der Waals surface area contributed by atoms with Crippen molar-refractivity contribution in [3.05, 3.63) is 22.5 Å². The van der Waals surface area contributed by atoms with Crippen LogP contribution in [0.3, 0.4) is 0 Å². The minimum atomic E-state index is -2.63. The molecule has 4 unspecified atom stereocenters. The lowest BCUT2D eigenvalue weighted by molar-refractivity contribution is -0.198. The van der Waals surface area contributed by atoms with Gasteiger partial charge in [-0.25, -0.2) is 0 Å². The maximum atomic E-state index is 13.2. The molecule has 0 saturated heterocycles. The fourth-order valence-corrected chi connectivity index (χ4v) is 5.73. The molecular weight excluding hydrogens is 348 g/mol. The SMILES string of the molecule is CC(C)=C1CC2(O)C(CC3(O)C(O)=C(C(=O)CC(C)C)C(=O)C32O)C1(C)C. The highest BCUT2D eigenvalue weighted by Crippen LogP contribution is 2.69. The number of hydrogen-bond acceptors (Lipinski definition) is 6. The molecule has 150 valence electrons. The number of carbonyl (C=O) groups is 2. The fraction of sp³-hybridized carbons (Fsp3) is 0.714. The van der Waals surface area contributed by atoms with Crippen LogP contribution in [0.4, 0.5) is 0 Å². The van der Waals surface area contributed by atoms with Crippen molar-refractivity contribution in [2.75, 3.05) is 0 Å². The Morgan fingerprint density at radius 2 is 1.74 bits per heavy atom. The molecule has 2 saturated carbocycles. The van der Waals surface area contributed by atoms with Gasteiger partial charge in [-0.3, -0.25) is 9.59 Å². The Bertz CT molecular complexity index is 799. The van der Waals surface area contributed by atoms with Crippen LogP contribution in [0.1, 0.15) is 60.8 Å². The van der Waals surface area contributed by atoms with Crippen molar-refractivity contribution in [2.24, 2.45) is 17.3 Å². The monoisotopic (exact) mass is 378 g/mol. The highest BCUT2D eigenvalue weighted by molar-refractivity contribution is 6.26. The van der Waals surface area contributed by atoms with Gasteiger partial charge in [0.2, 0.25) is 5.78 Å². The van der Waals surface area contributed by atoms with Gasteiger partial charge in [-0.1, -0.05) is 38.8 Å². The van der Waals surface area contributed by atoms with Crippen molar-refractivity contribution in [1.82, 2.24) is 0 Å². The lowest BCUT2D eigenvalue weighted by Crippen LogP contribution is -2.64. The van der Waals surface area contributed by atoms with Crippen LogP contribution in [0, 0.1) is 17.3 Å². The second-order valence-corrected chi connectivity index (χ2v) is 9.70. The average molecular weight is 378 g/mol. The van der Waals surface area contributed by atoms with Gasteiger partial charge < -0.3 is 20.4 Å². The Kier molecular flexibility index (Phi) is 4.14. The van der Waals surface area contributed by atoms with Gasteiger partial charge in [0.15, 0.2) is 17.0 Å². The molecule has 4 atom stereocenters. The Morgan fingerprint density at radius 3 is 2.22 bits per heavy atom. The number of rotatable bonds is 3. The summed E-state index contributed by atoms with van der Waals surface area (Å²) in [5, 5.41) is 44.8. The molecule has 2 fully saturated rings. The van der Waals surface area contributed by atoms with Gasteiger partial charge in [0, 0.05) is 18.8 Å². The standard InChI is InChI=1S/C21H30O6/c1-10(2)7-13(22)15-16(23)20(26)9-14-18(5,6)12(11(3)4)8-19(14,25)21(20,27)17(15)24/h10,14,23,25-27H,7-9H2,1-6H3. The van der Waals surface area contributed by atoms with E-state index < -0.39 is 51.0 Å². The third kappa shape index (κ3) is 2.12. The van der Waals surface area contributed by atoms with Gasteiger partial charge in [0.25, 0.3) is 0 Å². The molecule has 0 aliphatic heterocycles. The van der Waals surface area contributed by atoms with E-state index in [-0.39, 0.29) is 25.2 Å². The summed E-state index contributed by atoms with van der Waals surface area (Å²) < 4.78 is 0. The Hall–Kier alpha value is -1.50. The lowest BCUT2D eigenvalue weighted by atomic mass is 9.73. The van der Waals surface area contributed by atoms with Crippen molar-refractivity contribution < 1.29 is 30.0 Å².